The van der Waals surface area contributed by atoms with Gasteiger partial charge < -0.3 is 14.8 Å². The van der Waals surface area contributed by atoms with Crippen molar-refractivity contribution in [3.05, 3.63) is 78.3 Å². The first-order chi connectivity index (χ1) is 14.7. The number of nitrogens with one attached hydrogen (secondary N) is 2. The third-order valence-corrected chi connectivity index (χ3v) is 6.08. The number of hydrogen-bond acceptors (Lipinski definition) is 7. The molecule has 9 heteroatoms. The lowest BCUT2D eigenvalue weighted by atomic mass is 10.0. The normalized spacial score (nSPS) is 13.6. The molecule has 2 aromatic carbocycles. The van der Waals surface area contributed by atoms with Crippen LogP contribution >= 0.6 is 0 Å². The molecule has 0 aliphatic rings. The number of furan rings is 1. The summed E-state index contributed by atoms with van der Waals surface area (Å²) in [5.74, 6) is 1.30. The van der Waals surface area contributed by atoms with E-state index in [9.17, 15) is 13.5 Å². The minimum Gasteiger partial charge on any atom is -0.463 e. The second-order valence-corrected chi connectivity index (χ2v) is 9.05. The fourth-order valence-electron chi connectivity index (χ4n) is 3.05. The van der Waals surface area contributed by atoms with Crippen LogP contribution < -0.4 is 10.0 Å². The van der Waals surface area contributed by atoms with Crippen molar-refractivity contribution < 1.29 is 17.9 Å². The first kappa shape index (κ1) is 20.8. The minimum absolute atomic E-state index is 0.0209. The summed E-state index contributed by atoms with van der Waals surface area (Å²) >= 11 is 0. The lowest BCUT2D eigenvalue weighted by molar-refractivity contribution is 0.0467. The van der Waals surface area contributed by atoms with Gasteiger partial charge in [-0.2, -0.15) is 0 Å². The fraction of sp³-hybridized carbons (Fsp3) is 0.182. The number of nitrogens with zero attached hydrogens (tertiary/aromatic N) is 2. The summed E-state index contributed by atoms with van der Waals surface area (Å²) in [6.45, 7) is 3.41. The number of sulfonamides is 1. The van der Waals surface area contributed by atoms with E-state index in [0.29, 0.717) is 22.6 Å². The van der Waals surface area contributed by atoms with Gasteiger partial charge >= 0.3 is 0 Å². The Bertz CT molecular complexity index is 1320. The smallest absolute Gasteiger partial charge is 0.263 e. The van der Waals surface area contributed by atoms with E-state index in [1.807, 2.05) is 6.07 Å². The Labute approximate surface area is 180 Å². The molecular formula is C22H22N4O4S. The van der Waals surface area contributed by atoms with Crippen LogP contribution in [0.3, 0.4) is 0 Å². The van der Waals surface area contributed by atoms with Crippen molar-refractivity contribution in [1.82, 2.24) is 9.97 Å². The van der Waals surface area contributed by atoms with Crippen LogP contribution in [0.15, 0.2) is 76.0 Å². The van der Waals surface area contributed by atoms with Crippen LogP contribution in [0.1, 0.15) is 18.4 Å². The third kappa shape index (κ3) is 4.52. The molecule has 2 heterocycles. The topological polar surface area (TPSA) is 117 Å². The molecule has 160 valence electrons. The Balaban J connectivity index is 1.68. The average Bonchev–Trinajstić information content (AvgIpc) is 3.20. The van der Waals surface area contributed by atoms with E-state index in [1.54, 1.807) is 62.4 Å². The molecule has 4 aromatic rings. The molecule has 0 saturated heterocycles. The van der Waals surface area contributed by atoms with Gasteiger partial charge in [0.1, 0.15) is 17.1 Å². The molecular weight excluding hydrogens is 416 g/mol. The van der Waals surface area contributed by atoms with Crippen molar-refractivity contribution in [3.63, 3.8) is 0 Å². The van der Waals surface area contributed by atoms with Crippen molar-refractivity contribution in [1.29, 1.82) is 0 Å². The van der Waals surface area contributed by atoms with Crippen LogP contribution in [0, 0.1) is 6.92 Å². The molecule has 31 heavy (non-hydrogen) atoms. The lowest BCUT2D eigenvalue weighted by Crippen LogP contribution is -2.31. The summed E-state index contributed by atoms with van der Waals surface area (Å²) < 4.78 is 33.7. The number of fused-ring (bicyclic) bond motifs is 1. The Hall–Kier alpha value is -3.43. The van der Waals surface area contributed by atoms with Crippen LogP contribution in [-0.2, 0) is 15.6 Å². The predicted molar refractivity (Wildman–Crippen MR) is 118 cm³/mol. The summed E-state index contributed by atoms with van der Waals surface area (Å²) in [6.07, 6.45) is 0. The van der Waals surface area contributed by atoms with E-state index < -0.39 is 15.6 Å². The van der Waals surface area contributed by atoms with E-state index in [-0.39, 0.29) is 23.1 Å². The van der Waals surface area contributed by atoms with Crippen LogP contribution in [0.4, 0.5) is 11.6 Å². The maximum atomic E-state index is 12.8. The molecule has 1 atom stereocenters. The van der Waals surface area contributed by atoms with Crippen LogP contribution in [0.5, 0.6) is 0 Å². The van der Waals surface area contributed by atoms with Gasteiger partial charge in [-0.25, -0.2) is 18.4 Å². The number of para-hydroxylation sites is 2. The highest BCUT2D eigenvalue weighted by atomic mass is 32.2. The van der Waals surface area contributed by atoms with E-state index in [0.717, 1.165) is 0 Å². The molecule has 4 rings (SSSR count). The maximum Gasteiger partial charge on any atom is 0.263 e. The highest BCUT2D eigenvalue weighted by Crippen LogP contribution is 2.27. The van der Waals surface area contributed by atoms with Gasteiger partial charge in [0.15, 0.2) is 11.6 Å². The number of benzene rings is 2. The summed E-state index contributed by atoms with van der Waals surface area (Å²) in [5.41, 5.74) is -0.231. The number of anilines is 2. The molecule has 0 aliphatic carbocycles. The van der Waals surface area contributed by atoms with Gasteiger partial charge in [-0.15, -0.1) is 0 Å². The van der Waals surface area contributed by atoms with Crippen molar-refractivity contribution in [2.75, 3.05) is 16.6 Å². The third-order valence-electron chi connectivity index (χ3n) is 4.73. The second-order valence-electron chi connectivity index (χ2n) is 7.37. The SMILES string of the molecule is Cc1ccc(C(C)(O)CNc2nc3ccccc3nc2NS(=O)(=O)c2ccccc2)o1. The summed E-state index contributed by atoms with van der Waals surface area (Å²) in [4.78, 5) is 9.06. The predicted octanol–water partition coefficient (Wildman–Crippen LogP) is 3.65. The quantitative estimate of drug-likeness (QED) is 0.403. The Kier molecular flexibility index (Phi) is 5.38. The monoisotopic (exact) mass is 438 g/mol. The second kappa shape index (κ2) is 8.01. The van der Waals surface area contributed by atoms with Gasteiger partial charge in [-0.3, -0.25) is 4.72 Å². The zero-order chi connectivity index (χ0) is 22.1. The number of aryl methyl sites for hydroxylation is 1. The summed E-state index contributed by atoms with van der Waals surface area (Å²) in [7, 11) is -3.88. The zero-order valence-corrected chi connectivity index (χ0v) is 17.8. The number of hydrogen-bond donors (Lipinski definition) is 3. The molecule has 0 radical (unpaired) electrons. The number of rotatable bonds is 7. The van der Waals surface area contributed by atoms with Crippen LogP contribution in [0.2, 0.25) is 0 Å². The van der Waals surface area contributed by atoms with Gasteiger partial charge in [0, 0.05) is 0 Å². The van der Waals surface area contributed by atoms with Gasteiger partial charge in [-0.1, -0.05) is 30.3 Å². The van der Waals surface area contributed by atoms with Crippen LogP contribution in [-0.4, -0.2) is 30.0 Å². The molecule has 2 aromatic heterocycles. The van der Waals surface area contributed by atoms with E-state index in [4.69, 9.17) is 4.42 Å². The maximum absolute atomic E-state index is 12.8. The highest BCUT2D eigenvalue weighted by Gasteiger charge is 2.28. The summed E-state index contributed by atoms with van der Waals surface area (Å²) in [5, 5.41) is 13.8. The molecule has 0 aliphatic heterocycles. The Morgan fingerprint density at radius 1 is 0.935 bits per heavy atom. The van der Waals surface area contributed by atoms with Gasteiger partial charge in [-0.05, 0) is 50.2 Å². The van der Waals surface area contributed by atoms with Crippen molar-refractivity contribution >= 4 is 32.7 Å². The Morgan fingerprint density at radius 3 is 2.16 bits per heavy atom. The average molecular weight is 439 g/mol. The zero-order valence-electron chi connectivity index (χ0n) is 17.0. The van der Waals surface area contributed by atoms with Crippen molar-refractivity contribution in [2.45, 2.75) is 24.3 Å². The first-order valence-corrected chi connectivity index (χ1v) is 11.1. The van der Waals surface area contributed by atoms with E-state index >= 15 is 0 Å². The lowest BCUT2D eigenvalue weighted by Gasteiger charge is -2.22. The number of aliphatic hydroxyl groups is 1. The fourth-order valence-corrected chi connectivity index (χ4v) is 4.08. The van der Waals surface area contributed by atoms with Crippen LogP contribution in [0.25, 0.3) is 11.0 Å². The largest absolute Gasteiger partial charge is 0.463 e. The first-order valence-electron chi connectivity index (χ1n) is 9.62. The molecule has 0 fully saturated rings. The van der Waals surface area contributed by atoms with Crippen molar-refractivity contribution in [3.8, 4) is 0 Å². The highest BCUT2D eigenvalue weighted by molar-refractivity contribution is 7.92. The molecule has 1 unspecified atom stereocenters. The standard InChI is InChI=1S/C22H22N4O4S/c1-15-12-13-19(30-15)22(2,27)14-23-20-21(25-18-11-7-6-10-17(18)24-20)26-31(28,29)16-8-4-3-5-9-16/h3-13,27H,14H2,1-2H3,(H,23,24)(H,25,26). The van der Waals surface area contributed by atoms with E-state index in [2.05, 4.69) is 20.0 Å². The molecule has 3 N–H and O–H groups in total. The summed E-state index contributed by atoms with van der Waals surface area (Å²) in [6, 6.07) is 18.6. The Morgan fingerprint density at radius 2 is 1.55 bits per heavy atom. The van der Waals surface area contributed by atoms with Gasteiger partial charge in [0.05, 0.1) is 22.5 Å². The van der Waals surface area contributed by atoms with E-state index in [1.165, 1.54) is 12.1 Å². The molecule has 0 saturated carbocycles. The van der Waals surface area contributed by atoms with Gasteiger partial charge in [0.25, 0.3) is 10.0 Å². The van der Waals surface area contributed by atoms with Crippen molar-refractivity contribution in [2.24, 2.45) is 0 Å². The number of aromatic nitrogens is 2. The minimum atomic E-state index is -3.88. The van der Waals surface area contributed by atoms with Gasteiger partial charge in [0.2, 0.25) is 0 Å². The molecule has 0 bridgehead atoms. The molecule has 8 nitrogen and oxygen atoms in total. The molecule has 0 spiro atoms. The molecule has 0 amide bonds.